The summed E-state index contributed by atoms with van der Waals surface area (Å²) in [6.07, 6.45) is 1.98. The van der Waals surface area contributed by atoms with E-state index < -0.39 is 6.29 Å². The second-order valence-electron chi connectivity index (χ2n) is 4.71. The number of aliphatic hydroxyl groups is 2. The Morgan fingerprint density at radius 2 is 1.67 bits per heavy atom. The van der Waals surface area contributed by atoms with Gasteiger partial charge in [0, 0.05) is 0 Å². The summed E-state index contributed by atoms with van der Waals surface area (Å²) >= 11 is 0. The number of hydrogen-bond acceptors (Lipinski definition) is 3. The topological polar surface area (TPSA) is 43.7 Å². The zero-order valence-corrected chi connectivity index (χ0v) is 10.8. The van der Waals surface area contributed by atoms with Crippen molar-refractivity contribution in [2.24, 2.45) is 11.8 Å². The molecule has 0 aliphatic rings. The molecule has 3 nitrogen and oxygen atoms in total. The largest absolute Gasteiger partial charge is 0.367 e. The molecule has 2 N–H and O–H groups in total. The summed E-state index contributed by atoms with van der Waals surface area (Å²) in [4.78, 5) is 1.93. The molecule has 0 fully saturated rings. The fraction of sp³-hybridized carbons (Fsp3) is 1.00. The van der Waals surface area contributed by atoms with Gasteiger partial charge in [-0.15, -0.1) is 0 Å². The van der Waals surface area contributed by atoms with Crippen LogP contribution in [0.1, 0.15) is 40.0 Å². The minimum atomic E-state index is -1.24. The Hall–Kier alpha value is -0.120. The summed E-state index contributed by atoms with van der Waals surface area (Å²) in [6, 6.07) is -0.153. The molecule has 0 spiro atoms. The number of rotatable bonds is 7. The van der Waals surface area contributed by atoms with Crippen molar-refractivity contribution >= 4 is 0 Å². The average molecular weight is 217 g/mol. The van der Waals surface area contributed by atoms with E-state index in [1.807, 2.05) is 19.0 Å². The highest BCUT2D eigenvalue weighted by Crippen LogP contribution is 2.27. The van der Waals surface area contributed by atoms with Crippen molar-refractivity contribution in [1.29, 1.82) is 0 Å². The van der Waals surface area contributed by atoms with Crippen molar-refractivity contribution in [2.75, 3.05) is 14.1 Å². The van der Waals surface area contributed by atoms with Crippen LogP contribution in [0.5, 0.6) is 0 Å². The number of aliphatic hydroxyl groups excluding tert-OH is 1. The molecule has 0 aromatic heterocycles. The smallest absolute Gasteiger partial charge is 0.167 e. The lowest BCUT2D eigenvalue weighted by atomic mass is 9.81. The monoisotopic (exact) mass is 217 g/mol. The van der Waals surface area contributed by atoms with E-state index in [4.69, 9.17) is 0 Å². The molecule has 0 radical (unpaired) electrons. The van der Waals surface area contributed by atoms with E-state index in [0.29, 0.717) is 11.8 Å². The number of nitrogens with zero attached hydrogens (tertiary/aromatic N) is 1. The van der Waals surface area contributed by atoms with Gasteiger partial charge in [-0.3, -0.25) is 0 Å². The Kier molecular flexibility index (Phi) is 7.14. The van der Waals surface area contributed by atoms with Gasteiger partial charge in [0.25, 0.3) is 0 Å². The van der Waals surface area contributed by atoms with Gasteiger partial charge in [0.1, 0.15) is 0 Å². The lowest BCUT2D eigenvalue weighted by molar-refractivity contribution is -0.115. The van der Waals surface area contributed by atoms with Crippen molar-refractivity contribution in [3.63, 3.8) is 0 Å². The van der Waals surface area contributed by atoms with Gasteiger partial charge in [-0.25, -0.2) is 0 Å². The highest BCUT2D eigenvalue weighted by atomic mass is 16.5. The highest BCUT2D eigenvalue weighted by Gasteiger charge is 2.31. The van der Waals surface area contributed by atoms with Crippen molar-refractivity contribution < 1.29 is 10.2 Å². The molecule has 15 heavy (non-hydrogen) atoms. The zero-order valence-electron chi connectivity index (χ0n) is 10.8. The van der Waals surface area contributed by atoms with Crippen LogP contribution in [0.2, 0.25) is 0 Å². The van der Waals surface area contributed by atoms with Gasteiger partial charge in [-0.1, -0.05) is 33.6 Å². The van der Waals surface area contributed by atoms with Crippen LogP contribution in [0, 0.1) is 11.8 Å². The van der Waals surface area contributed by atoms with Crippen LogP contribution in [0.25, 0.3) is 0 Å². The summed E-state index contributed by atoms with van der Waals surface area (Å²) < 4.78 is 0. The molecule has 0 aromatic rings. The summed E-state index contributed by atoms with van der Waals surface area (Å²) in [5.74, 6) is 0.883. The van der Waals surface area contributed by atoms with Crippen molar-refractivity contribution in [3.05, 3.63) is 0 Å². The minimum Gasteiger partial charge on any atom is -0.367 e. The van der Waals surface area contributed by atoms with Crippen LogP contribution < -0.4 is 0 Å². The van der Waals surface area contributed by atoms with E-state index >= 15 is 0 Å². The fourth-order valence-electron chi connectivity index (χ4n) is 2.30. The lowest BCUT2D eigenvalue weighted by Gasteiger charge is -2.36. The first-order chi connectivity index (χ1) is 6.95. The van der Waals surface area contributed by atoms with Gasteiger partial charge in [-0.2, -0.15) is 0 Å². The van der Waals surface area contributed by atoms with E-state index in [0.717, 1.165) is 19.3 Å². The van der Waals surface area contributed by atoms with Crippen LogP contribution in [0.3, 0.4) is 0 Å². The molecule has 0 aromatic carbocycles. The Morgan fingerprint density at radius 1 is 1.13 bits per heavy atom. The van der Waals surface area contributed by atoms with E-state index in [-0.39, 0.29) is 6.04 Å². The van der Waals surface area contributed by atoms with Gasteiger partial charge in [-0.05, 0) is 32.4 Å². The molecule has 92 valence electrons. The number of likely N-dealkylation sites (N-methyl/N-ethyl adjacent to an activating group) is 1. The predicted octanol–water partition coefficient (Wildman–Crippen LogP) is 1.69. The van der Waals surface area contributed by atoms with E-state index in [9.17, 15) is 10.2 Å². The first-order valence-corrected chi connectivity index (χ1v) is 5.98. The van der Waals surface area contributed by atoms with Gasteiger partial charge < -0.3 is 15.1 Å². The molecule has 0 saturated heterocycles. The van der Waals surface area contributed by atoms with Crippen LogP contribution in [-0.2, 0) is 0 Å². The van der Waals surface area contributed by atoms with Crippen LogP contribution in [0.15, 0.2) is 0 Å². The Balaban J connectivity index is 4.66. The minimum absolute atomic E-state index is 0.153. The summed E-state index contributed by atoms with van der Waals surface area (Å²) in [7, 11) is 3.82. The van der Waals surface area contributed by atoms with Crippen molar-refractivity contribution in [1.82, 2.24) is 4.90 Å². The van der Waals surface area contributed by atoms with Gasteiger partial charge in [0.2, 0.25) is 0 Å². The second kappa shape index (κ2) is 7.20. The molecule has 0 aliphatic heterocycles. The molecular weight excluding hydrogens is 190 g/mol. The van der Waals surface area contributed by atoms with Crippen LogP contribution >= 0.6 is 0 Å². The van der Waals surface area contributed by atoms with Crippen LogP contribution in [0.4, 0.5) is 0 Å². The predicted molar refractivity (Wildman–Crippen MR) is 63.6 cm³/mol. The Labute approximate surface area is 94.1 Å². The third-order valence-electron chi connectivity index (χ3n) is 3.34. The SMILES string of the molecule is CCC[C@@H](C(C(O)O)N(C)C)[C@@H](C)CC. The maximum absolute atomic E-state index is 9.44. The molecular formula is C12H27NO2. The quantitative estimate of drug-likeness (QED) is 0.638. The third kappa shape index (κ3) is 4.49. The highest BCUT2D eigenvalue weighted by molar-refractivity contribution is 4.81. The summed E-state index contributed by atoms with van der Waals surface area (Å²) in [5, 5.41) is 18.9. The zero-order chi connectivity index (χ0) is 12.0. The molecule has 0 heterocycles. The van der Waals surface area contributed by atoms with Gasteiger partial charge >= 0.3 is 0 Å². The lowest BCUT2D eigenvalue weighted by Crippen LogP contribution is -2.46. The average Bonchev–Trinajstić information content (AvgIpc) is 2.14. The maximum Gasteiger partial charge on any atom is 0.167 e. The maximum atomic E-state index is 9.44. The van der Waals surface area contributed by atoms with E-state index in [1.54, 1.807) is 0 Å². The summed E-state index contributed by atoms with van der Waals surface area (Å²) in [6.45, 7) is 6.49. The molecule has 1 unspecified atom stereocenters. The normalized spacial score (nSPS) is 18.2. The first kappa shape index (κ1) is 14.9. The molecule has 0 amide bonds. The molecule has 0 bridgehead atoms. The van der Waals surface area contributed by atoms with Crippen molar-refractivity contribution in [3.8, 4) is 0 Å². The molecule has 3 heteroatoms. The molecule has 0 aliphatic carbocycles. The fourth-order valence-corrected chi connectivity index (χ4v) is 2.30. The Morgan fingerprint density at radius 3 is 1.93 bits per heavy atom. The number of hydrogen-bond donors (Lipinski definition) is 2. The third-order valence-corrected chi connectivity index (χ3v) is 3.34. The van der Waals surface area contributed by atoms with E-state index in [1.165, 1.54) is 0 Å². The second-order valence-corrected chi connectivity index (χ2v) is 4.71. The van der Waals surface area contributed by atoms with Gasteiger partial charge in [0.15, 0.2) is 6.29 Å². The van der Waals surface area contributed by atoms with Crippen molar-refractivity contribution in [2.45, 2.75) is 52.4 Å². The Bertz CT molecular complexity index is 152. The molecule has 0 rings (SSSR count). The van der Waals surface area contributed by atoms with E-state index in [2.05, 4.69) is 20.8 Å². The molecule has 0 saturated carbocycles. The first-order valence-electron chi connectivity index (χ1n) is 5.98. The van der Waals surface area contributed by atoms with Crippen LogP contribution in [-0.4, -0.2) is 41.5 Å². The standard InChI is InChI=1S/C12H27NO2/c1-6-8-10(9(3)7-2)11(12(14)15)13(4)5/h9-12,14-15H,6-8H2,1-5H3/t9-,10+,11?/m0/s1. The molecule has 3 atom stereocenters. The van der Waals surface area contributed by atoms with Gasteiger partial charge in [0.05, 0.1) is 6.04 Å². The summed E-state index contributed by atoms with van der Waals surface area (Å²) in [5.41, 5.74) is 0.